The number of carbonyl (C=O) groups excluding carboxylic acids is 5. The van der Waals surface area contributed by atoms with Crippen molar-refractivity contribution in [2.75, 3.05) is 12.4 Å². The fourth-order valence-electron chi connectivity index (χ4n) is 2.82. The topological polar surface area (TPSA) is 113 Å². The van der Waals surface area contributed by atoms with Crippen LogP contribution in [0.15, 0.2) is 36.0 Å². The molecule has 2 rings (SSSR count). The van der Waals surface area contributed by atoms with Crippen LogP contribution in [-0.4, -0.2) is 48.3 Å². The molecule has 8 heteroatoms. The van der Waals surface area contributed by atoms with Crippen LogP contribution in [0.25, 0.3) is 0 Å². The maximum atomic E-state index is 12.7. The predicted molar refractivity (Wildman–Crippen MR) is 97.5 cm³/mol. The van der Waals surface area contributed by atoms with Gasteiger partial charge in [0.2, 0.25) is 5.91 Å². The number of nitrogens with zero attached hydrogens (tertiary/aromatic N) is 1. The first kappa shape index (κ1) is 20.0. The molecule has 3 amide bonds. The molecule has 1 aromatic carbocycles. The molecule has 0 aromatic heterocycles. The summed E-state index contributed by atoms with van der Waals surface area (Å²) < 4.78 is 0. The van der Waals surface area contributed by atoms with E-state index in [0.29, 0.717) is 24.8 Å². The van der Waals surface area contributed by atoms with Gasteiger partial charge in [0.15, 0.2) is 0 Å². The minimum atomic E-state index is -1.05. The van der Waals surface area contributed by atoms with Gasteiger partial charge >= 0.3 is 0 Å². The number of hydrogen-bond donors (Lipinski definition) is 2. The van der Waals surface area contributed by atoms with Crippen LogP contribution < -0.4 is 10.6 Å². The first-order valence-corrected chi connectivity index (χ1v) is 8.55. The second-order valence-electron chi connectivity index (χ2n) is 5.98. The molecule has 0 aliphatic carbocycles. The van der Waals surface area contributed by atoms with Gasteiger partial charge in [0, 0.05) is 31.7 Å². The highest BCUT2D eigenvalue weighted by atomic mass is 16.2. The highest BCUT2D eigenvalue weighted by Gasteiger charge is 2.39. The Kier molecular flexibility index (Phi) is 6.99. The fourth-order valence-corrected chi connectivity index (χ4v) is 2.82. The van der Waals surface area contributed by atoms with Crippen LogP contribution >= 0.6 is 0 Å². The smallest absolute Gasteiger partial charge is 0.278 e. The van der Waals surface area contributed by atoms with Crippen molar-refractivity contribution in [2.24, 2.45) is 0 Å². The number of anilines is 1. The molecule has 2 N–H and O–H groups in total. The Morgan fingerprint density at radius 3 is 2.59 bits per heavy atom. The average molecular weight is 371 g/mol. The van der Waals surface area contributed by atoms with Crippen LogP contribution in [0.4, 0.5) is 5.69 Å². The van der Waals surface area contributed by atoms with Crippen molar-refractivity contribution in [3.8, 4) is 0 Å². The van der Waals surface area contributed by atoms with Crippen molar-refractivity contribution in [1.82, 2.24) is 10.2 Å². The minimum Gasteiger partial charge on any atom is -0.357 e. The van der Waals surface area contributed by atoms with Gasteiger partial charge in [-0.3, -0.25) is 19.3 Å². The summed E-state index contributed by atoms with van der Waals surface area (Å²) in [4.78, 5) is 59.0. The van der Waals surface area contributed by atoms with Gasteiger partial charge in [-0.2, -0.15) is 0 Å². The quantitative estimate of drug-likeness (QED) is 0.459. The number of likely N-dealkylation sites (N-methyl/N-ethyl adjacent to an activating group) is 1. The third-order valence-electron chi connectivity index (χ3n) is 4.13. The zero-order valence-corrected chi connectivity index (χ0v) is 14.9. The van der Waals surface area contributed by atoms with Crippen molar-refractivity contribution < 1.29 is 24.0 Å². The molecule has 8 nitrogen and oxygen atoms in total. The molecule has 27 heavy (non-hydrogen) atoms. The lowest BCUT2D eigenvalue weighted by atomic mass is 10.1. The Labute approximate surface area is 156 Å². The van der Waals surface area contributed by atoms with E-state index in [1.165, 1.54) is 7.05 Å². The van der Waals surface area contributed by atoms with E-state index >= 15 is 0 Å². The number of amides is 3. The second kappa shape index (κ2) is 9.42. The van der Waals surface area contributed by atoms with Gasteiger partial charge < -0.3 is 20.2 Å². The lowest BCUT2D eigenvalue weighted by Gasteiger charge is -2.24. The lowest BCUT2D eigenvalue weighted by molar-refractivity contribution is -0.146. The Morgan fingerprint density at radius 1 is 1.19 bits per heavy atom. The van der Waals surface area contributed by atoms with E-state index < -0.39 is 23.8 Å². The molecular weight excluding hydrogens is 350 g/mol. The monoisotopic (exact) mass is 371 g/mol. The fraction of sp³-hybridized carbons (Fsp3) is 0.316. The van der Waals surface area contributed by atoms with Crippen LogP contribution in [0.1, 0.15) is 24.8 Å². The van der Waals surface area contributed by atoms with Crippen LogP contribution in [0.5, 0.6) is 0 Å². The normalized spacial score (nSPS) is 14.6. The number of hydrogen-bond acceptors (Lipinski definition) is 6. The summed E-state index contributed by atoms with van der Waals surface area (Å²) >= 11 is 0. The summed E-state index contributed by atoms with van der Waals surface area (Å²) in [5, 5.41) is 5.31. The van der Waals surface area contributed by atoms with Crippen molar-refractivity contribution >= 4 is 36.0 Å². The molecule has 1 atom stereocenters. The molecule has 1 aromatic rings. The molecule has 0 bridgehead atoms. The van der Waals surface area contributed by atoms with E-state index in [1.54, 1.807) is 18.2 Å². The molecule has 0 saturated heterocycles. The summed E-state index contributed by atoms with van der Waals surface area (Å²) in [6.45, 7) is 0. The molecule has 1 aliphatic heterocycles. The number of aryl methyl sites for hydroxylation is 1. The molecule has 1 unspecified atom stereocenters. The number of carbonyl (C=O) groups is 5. The third kappa shape index (κ3) is 4.87. The highest BCUT2D eigenvalue weighted by molar-refractivity contribution is 6.19. The summed E-state index contributed by atoms with van der Waals surface area (Å²) in [7, 11) is 1.40. The van der Waals surface area contributed by atoms with Crippen LogP contribution in [0.2, 0.25) is 0 Å². The molecule has 1 heterocycles. The summed E-state index contributed by atoms with van der Waals surface area (Å²) in [5.74, 6) is -1.75. The number of nitrogens with one attached hydrogen (secondary N) is 2. The standard InChI is InChI=1S/C19H21N3O5/c1-20-18(26)16(8-4-10-24)22-17(25)12-15(19(22)27)21-14-7-2-5-13(11-14)6-3-9-23/h2,5,7,9-12,16,21H,3-4,6,8H2,1H3,(H,20,26). The molecule has 0 fully saturated rings. The summed E-state index contributed by atoms with van der Waals surface area (Å²) in [6, 6.07) is 6.11. The van der Waals surface area contributed by atoms with Crippen LogP contribution in [-0.2, 0) is 30.4 Å². The zero-order chi connectivity index (χ0) is 19.8. The van der Waals surface area contributed by atoms with E-state index in [9.17, 15) is 24.0 Å². The maximum absolute atomic E-state index is 12.7. The van der Waals surface area contributed by atoms with E-state index in [-0.39, 0.29) is 18.5 Å². The third-order valence-corrected chi connectivity index (χ3v) is 4.13. The van der Waals surface area contributed by atoms with Gasteiger partial charge in [-0.1, -0.05) is 12.1 Å². The predicted octanol–water partition coefficient (Wildman–Crippen LogP) is 0.576. The second-order valence-corrected chi connectivity index (χ2v) is 5.98. The van der Waals surface area contributed by atoms with Crippen molar-refractivity contribution in [3.05, 3.63) is 41.6 Å². The van der Waals surface area contributed by atoms with Crippen molar-refractivity contribution in [3.63, 3.8) is 0 Å². The average Bonchev–Trinajstić information content (AvgIpc) is 2.94. The molecule has 0 saturated carbocycles. The van der Waals surface area contributed by atoms with Crippen LogP contribution in [0.3, 0.4) is 0 Å². The highest BCUT2D eigenvalue weighted by Crippen LogP contribution is 2.22. The SMILES string of the molecule is CNC(=O)C(CCC=O)N1C(=O)C=C(Nc2cccc(CCC=O)c2)C1=O. The number of aldehydes is 2. The van der Waals surface area contributed by atoms with Crippen molar-refractivity contribution in [1.29, 1.82) is 0 Å². The van der Waals surface area contributed by atoms with Gasteiger partial charge in [0.25, 0.3) is 11.8 Å². The first-order valence-electron chi connectivity index (χ1n) is 8.55. The molecule has 0 radical (unpaired) electrons. The molecular formula is C19H21N3O5. The lowest BCUT2D eigenvalue weighted by Crippen LogP contribution is -2.49. The van der Waals surface area contributed by atoms with Gasteiger partial charge in [-0.15, -0.1) is 0 Å². The summed E-state index contributed by atoms with van der Waals surface area (Å²) in [5.41, 5.74) is 1.56. The number of imide groups is 1. The van der Waals surface area contributed by atoms with E-state index in [2.05, 4.69) is 10.6 Å². The van der Waals surface area contributed by atoms with Crippen molar-refractivity contribution in [2.45, 2.75) is 31.7 Å². The molecule has 142 valence electrons. The molecule has 1 aliphatic rings. The van der Waals surface area contributed by atoms with E-state index in [1.807, 2.05) is 6.07 Å². The Bertz CT molecular complexity index is 787. The Hall–Kier alpha value is -3.29. The Balaban J connectivity index is 2.16. The van der Waals surface area contributed by atoms with Gasteiger partial charge in [-0.05, 0) is 30.5 Å². The van der Waals surface area contributed by atoms with E-state index in [4.69, 9.17) is 0 Å². The first-order chi connectivity index (χ1) is 13.0. The largest absolute Gasteiger partial charge is 0.357 e. The number of benzene rings is 1. The summed E-state index contributed by atoms with van der Waals surface area (Å²) in [6.07, 6.45) is 3.68. The van der Waals surface area contributed by atoms with Gasteiger partial charge in [-0.25, -0.2) is 0 Å². The zero-order valence-electron chi connectivity index (χ0n) is 14.9. The Morgan fingerprint density at radius 2 is 1.93 bits per heavy atom. The maximum Gasteiger partial charge on any atom is 0.278 e. The van der Waals surface area contributed by atoms with Crippen LogP contribution in [0, 0.1) is 0 Å². The van der Waals surface area contributed by atoms with Gasteiger partial charge in [0.05, 0.1) is 0 Å². The van der Waals surface area contributed by atoms with Gasteiger partial charge in [0.1, 0.15) is 24.3 Å². The number of rotatable bonds is 10. The molecule has 0 spiro atoms. The van der Waals surface area contributed by atoms with E-state index in [0.717, 1.165) is 22.8 Å². The minimum absolute atomic E-state index is 0.0487.